The van der Waals surface area contributed by atoms with Crippen LogP contribution in [0.5, 0.6) is 0 Å². The Bertz CT molecular complexity index is 929. The first-order valence-electron chi connectivity index (χ1n) is 12.2. The number of esters is 1. The molecule has 8 atom stereocenters. The third-order valence-corrected chi connectivity index (χ3v) is 10.5. The van der Waals surface area contributed by atoms with Crippen LogP contribution in [0, 0.1) is 33.5 Å². The van der Waals surface area contributed by atoms with Gasteiger partial charge in [-0.05, 0) is 86.2 Å². The molecule has 0 amide bonds. The Morgan fingerprint density at radius 1 is 1.00 bits per heavy atom. The lowest BCUT2D eigenvalue weighted by molar-refractivity contribution is -0.233. The summed E-state index contributed by atoms with van der Waals surface area (Å²) < 4.78 is 6.19. The number of fused-ring (bicyclic) bond motifs is 2. The predicted molar refractivity (Wildman–Crippen MR) is 120 cm³/mol. The van der Waals surface area contributed by atoms with Gasteiger partial charge < -0.3 is 14.9 Å². The number of benzene rings is 1. The van der Waals surface area contributed by atoms with E-state index in [4.69, 9.17) is 4.74 Å². The molecule has 4 aliphatic rings. The molecule has 0 heterocycles. The van der Waals surface area contributed by atoms with Crippen molar-refractivity contribution in [3.63, 3.8) is 0 Å². The molecule has 5 heteroatoms. The number of carbonyl (C=O) groups excluding carboxylic acids is 1. The quantitative estimate of drug-likeness (QED) is 0.641. The summed E-state index contributed by atoms with van der Waals surface area (Å²) in [6, 6.07) is 8.98. The predicted octanol–water partition coefficient (Wildman–Crippen LogP) is 5.07. The van der Waals surface area contributed by atoms with Gasteiger partial charge in [-0.2, -0.15) is 0 Å². The summed E-state index contributed by atoms with van der Waals surface area (Å²) >= 11 is 0. The topological polar surface area (TPSA) is 83.8 Å². The van der Waals surface area contributed by atoms with E-state index in [-0.39, 0.29) is 40.2 Å². The van der Waals surface area contributed by atoms with Gasteiger partial charge >= 0.3 is 11.9 Å². The SMILES string of the molecule is C[C@]12CC[C@]3(C1)[C@@H](C[C@@H](OC(=O)c1ccccc1)[C@H]1[C@](C)(C(=O)O)CCC[C@@]13C)C[C@@H]2O. The lowest BCUT2D eigenvalue weighted by Gasteiger charge is -2.67. The van der Waals surface area contributed by atoms with Gasteiger partial charge in [-0.3, -0.25) is 4.79 Å². The van der Waals surface area contributed by atoms with E-state index in [0.29, 0.717) is 18.4 Å². The minimum atomic E-state index is -0.927. The zero-order valence-corrected chi connectivity index (χ0v) is 19.5. The number of carbonyl (C=O) groups is 2. The minimum absolute atomic E-state index is 0.0123. The molecule has 5 rings (SSSR count). The molecule has 174 valence electrons. The summed E-state index contributed by atoms with van der Waals surface area (Å²) in [7, 11) is 0. The van der Waals surface area contributed by atoms with Crippen LogP contribution in [-0.2, 0) is 9.53 Å². The molecule has 0 saturated heterocycles. The van der Waals surface area contributed by atoms with Crippen molar-refractivity contribution < 1.29 is 24.5 Å². The first-order chi connectivity index (χ1) is 15.1. The molecule has 4 aliphatic carbocycles. The van der Waals surface area contributed by atoms with Gasteiger partial charge in [0, 0.05) is 5.92 Å². The average Bonchev–Trinajstić information content (AvgIpc) is 3.08. The van der Waals surface area contributed by atoms with Crippen LogP contribution in [-0.4, -0.2) is 34.4 Å². The van der Waals surface area contributed by atoms with Crippen LogP contribution in [0.1, 0.15) is 82.5 Å². The largest absolute Gasteiger partial charge is 0.481 e. The molecule has 0 unspecified atom stereocenters. The van der Waals surface area contributed by atoms with Gasteiger partial charge in [-0.1, -0.05) is 38.5 Å². The molecular weight excluding hydrogens is 404 g/mol. The highest BCUT2D eigenvalue weighted by molar-refractivity contribution is 5.89. The highest BCUT2D eigenvalue weighted by Gasteiger charge is 2.73. The van der Waals surface area contributed by atoms with Crippen molar-refractivity contribution in [3.05, 3.63) is 35.9 Å². The molecule has 4 fully saturated rings. The van der Waals surface area contributed by atoms with Gasteiger partial charge in [0.05, 0.1) is 17.1 Å². The Morgan fingerprint density at radius 3 is 2.41 bits per heavy atom. The van der Waals surface area contributed by atoms with Crippen LogP contribution in [0.15, 0.2) is 30.3 Å². The summed E-state index contributed by atoms with van der Waals surface area (Å²) in [5, 5.41) is 21.4. The van der Waals surface area contributed by atoms with Crippen molar-refractivity contribution in [2.45, 2.75) is 84.3 Å². The van der Waals surface area contributed by atoms with Crippen LogP contribution in [0.2, 0.25) is 0 Å². The smallest absolute Gasteiger partial charge is 0.338 e. The molecule has 2 N–H and O–H groups in total. The van der Waals surface area contributed by atoms with E-state index in [1.807, 2.05) is 25.1 Å². The summed E-state index contributed by atoms with van der Waals surface area (Å²) in [6.45, 7) is 6.38. The maximum absolute atomic E-state index is 13.1. The van der Waals surface area contributed by atoms with Gasteiger partial charge in [-0.25, -0.2) is 4.79 Å². The summed E-state index contributed by atoms with van der Waals surface area (Å²) in [5.41, 5.74) is -0.739. The van der Waals surface area contributed by atoms with Crippen molar-refractivity contribution in [1.29, 1.82) is 0 Å². The van der Waals surface area contributed by atoms with Gasteiger partial charge in [0.15, 0.2) is 0 Å². The second-order valence-electron chi connectivity index (χ2n) is 12.0. The molecule has 2 bridgehead atoms. The third-order valence-electron chi connectivity index (χ3n) is 10.5. The highest BCUT2D eigenvalue weighted by Crippen LogP contribution is 2.76. The number of aliphatic hydroxyl groups is 1. The summed E-state index contributed by atoms with van der Waals surface area (Å²) in [4.78, 5) is 25.8. The Kier molecular flexibility index (Phi) is 4.84. The lowest BCUT2D eigenvalue weighted by atomic mass is 9.37. The molecule has 1 aromatic rings. The van der Waals surface area contributed by atoms with E-state index in [1.54, 1.807) is 12.1 Å². The van der Waals surface area contributed by atoms with Crippen molar-refractivity contribution in [1.82, 2.24) is 0 Å². The molecule has 1 aromatic carbocycles. The number of rotatable bonds is 3. The van der Waals surface area contributed by atoms with Gasteiger partial charge in [-0.15, -0.1) is 0 Å². The maximum Gasteiger partial charge on any atom is 0.338 e. The summed E-state index contributed by atoms with van der Waals surface area (Å²) in [6.07, 6.45) is 6.00. The van der Waals surface area contributed by atoms with Crippen LogP contribution in [0.4, 0.5) is 0 Å². The van der Waals surface area contributed by atoms with E-state index in [0.717, 1.165) is 38.5 Å². The maximum atomic E-state index is 13.1. The Hall–Kier alpha value is -1.88. The fourth-order valence-electron chi connectivity index (χ4n) is 8.86. The highest BCUT2D eigenvalue weighted by atomic mass is 16.5. The Labute approximate surface area is 190 Å². The molecule has 4 saturated carbocycles. The molecule has 32 heavy (non-hydrogen) atoms. The lowest BCUT2D eigenvalue weighted by Crippen LogP contribution is -2.66. The number of carboxylic acid groups (broad SMARTS) is 1. The Balaban J connectivity index is 1.59. The molecule has 0 radical (unpaired) electrons. The summed E-state index contributed by atoms with van der Waals surface area (Å²) in [5.74, 6) is -1.14. The third kappa shape index (κ3) is 2.79. The first-order valence-corrected chi connectivity index (χ1v) is 12.2. The number of carboxylic acids is 1. The number of hydrogen-bond acceptors (Lipinski definition) is 4. The van der Waals surface area contributed by atoms with Gasteiger partial charge in [0.1, 0.15) is 6.10 Å². The van der Waals surface area contributed by atoms with Crippen LogP contribution in [0.3, 0.4) is 0 Å². The normalized spacial score (nSPS) is 47.2. The van der Waals surface area contributed by atoms with E-state index in [1.165, 1.54) is 0 Å². The number of hydrogen-bond donors (Lipinski definition) is 2. The van der Waals surface area contributed by atoms with Crippen molar-refractivity contribution in [2.75, 3.05) is 0 Å². The van der Waals surface area contributed by atoms with E-state index >= 15 is 0 Å². The standard InChI is InChI=1S/C27H36O5/c1-24-12-13-27(16-24)18(15-20(24)28)14-19(32-22(29)17-8-5-4-6-9-17)21-25(2,23(30)31)10-7-11-26(21,27)3/h4-6,8-9,18-21,28H,7,10-16H2,1-3H3,(H,30,31)/t18-,19+,20-,21-,24-,25+,26-,27-/m0/s1. The van der Waals surface area contributed by atoms with E-state index < -0.39 is 17.5 Å². The van der Waals surface area contributed by atoms with E-state index in [9.17, 15) is 19.8 Å². The second kappa shape index (κ2) is 7.06. The number of aliphatic hydroxyl groups excluding tert-OH is 1. The van der Waals surface area contributed by atoms with Crippen LogP contribution >= 0.6 is 0 Å². The molecule has 1 spiro atoms. The zero-order valence-electron chi connectivity index (χ0n) is 19.5. The molecule has 0 aliphatic heterocycles. The van der Waals surface area contributed by atoms with Crippen LogP contribution < -0.4 is 0 Å². The van der Waals surface area contributed by atoms with Crippen molar-refractivity contribution in [2.24, 2.45) is 33.5 Å². The minimum Gasteiger partial charge on any atom is -0.481 e. The van der Waals surface area contributed by atoms with Crippen LogP contribution in [0.25, 0.3) is 0 Å². The molecular formula is C27H36O5. The average molecular weight is 441 g/mol. The van der Waals surface area contributed by atoms with Crippen molar-refractivity contribution in [3.8, 4) is 0 Å². The van der Waals surface area contributed by atoms with Crippen molar-refractivity contribution >= 4 is 11.9 Å². The van der Waals surface area contributed by atoms with E-state index in [2.05, 4.69) is 13.8 Å². The monoisotopic (exact) mass is 440 g/mol. The molecule has 5 nitrogen and oxygen atoms in total. The fourth-order valence-corrected chi connectivity index (χ4v) is 8.86. The first kappa shape index (κ1) is 21.9. The number of ether oxygens (including phenoxy) is 1. The van der Waals surface area contributed by atoms with Gasteiger partial charge in [0.2, 0.25) is 0 Å². The molecule has 0 aromatic heterocycles. The second-order valence-corrected chi connectivity index (χ2v) is 12.0. The fraction of sp³-hybridized carbons (Fsp3) is 0.704. The van der Waals surface area contributed by atoms with Gasteiger partial charge in [0.25, 0.3) is 0 Å². The Morgan fingerprint density at radius 2 is 1.72 bits per heavy atom. The zero-order chi connectivity index (χ0) is 22.9. The number of aliphatic carboxylic acids is 1.